The van der Waals surface area contributed by atoms with E-state index in [0.717, 1.165) is 5.56 Å². The zero-order valence-corrected chi connectivity index (χ0v) is 13.8. The Morgan fingerprint density at radius 3 is 2.20 bits per heavy atom. The predicted octanol–water partition coefficient (Wildman–Crippen LogP) is 5.81. The van der Waals surface area contributed by atoms with E-state index in [1.165, 1.54) is 11.3 Å². The summed E-state index contributed by atoms with van der Waals surface area (Å²) in [5.74, 6) is 1.27. The van der Waals surface area contributed by atoms with Gasteiger partial charge in [0, 0.05) is 16.7 Å². The summed E-state index contributed by atoms with van der Waals surface area (Å²) >= 11 is 26.1. The van der Waals surface area contributed by atoms with E-state index in [1.807, 2.05) is 0 Å². The maximum atomic E-state index is 6.48. The quantitative estimate of drug-likeness (QED) is 0.622. The molecule has 0 amide bonds. The van der Waals surface area contributed by atoms with Gasteiger partial charge in [0.05, 0.1) is 14.0 Å². The van der Waals surface area contributed by atoms with Crippen molar-refractivity contribution in [2.75, 3.05) is 13.2 Å². The fraction of sp³-hybridized carbons (Fsp3) is 0.231. The summed E-state index contributed by atoms with van der Waals surface area (Å²) in [6.07, 6.45) is 0. The van der Waals surface area contributed by atoms with Crippen molar-refractivity contribution in [2.24, 2.45) is 0 Å². The van der Waals surface area contributed by atoms with Crippen molar-refractivity contribution in [1.82, 2.24) is 0 Å². The molecule has 1 aromatic carbocycles. The molecule has 1 aromatic heterocycles. The highest BCUT2D eigenvalue weighted by molar-refractivity contribution is 7.20. The Labute approximate surface area is 140 Å². The average Bonchev–Trinajstić information content (AvgIpc) is 2.76. The molecule has 1 aliphatic heterocycles. The van der Waals surface area contributed by atoms with Gasteiger partial charge < -0.3 is 9.47 Å². The maximum Gasteiger partial charge on any atom is 0.162 e. The predicted molar refractivity (Wildman–Crippen MR) is 84.5 cm³/mol. The van der Waals surface area contributed by atoms with E-state index in [2.05, 4.69) is 0 Å². The monoisotopic (exact) mass is 368 g/mol. The normalized spacial score (nSPS) is 15.2. The highest BCUT2D eigenvalue weighted by Crippen LogP contribution is 2.45. The Hall–Kier alpha value is -0.320. The standard InChI is InChI=1S/C13H8Cl4O2S/c14-8-5-10-9(18-1-2-19-10)3-6(8)12(16)7-4-11(15)20-13(7)17/h3-5,12H,1-2H2. The van der Waals surface area contributed by atoms with E-state index >= 15 is 0 Å². The third-order valence-electron chi connectivity index (χ3n) is 2.89. The summed E-state index contributed by atoms with van der Waals surface area (Å²) in [5.41, 5.74) is 1.45. The molecule has 0 bridgehead atoms. The van der Waals surface area contributed by atoms with Crippen LogP contribution >= 0.6 is 57.7 Å². The molecule has 1 atom stereocenters. The molecule has 106 valence electrons. The van der Waals surface area contributed by atoms with Gasteiger partial charge in [-0.2, -0.15) is 0 Å². The molecule has 20 heavy (non-hydrogen) atoms. The third-order valence-corrected chi connectivity index (χ3v) is 5.21. The van der Waals surface area contributed by atoms with Gasteiger partial charge in [0.2, 0.25) is 0 Å². The van der Waals surface area contributed by atoms with Gasteiger partial charge in [-0.1, -0.05) is 34.8 Å². The van der Waals surface area contributed by atoms with Crippen LogP contribution in [0.1, 0.15) is 16.5 Å². The zero-order chi connectivity index (χ0) is 14.3. The van der Waals surface area contributed by atoms with Gasteiger partial charge in [0.1, 0.15) is 13.2 Å². The Morgan fingerprint density at radius 2 is 1.60 bits per heavy atom. The van der Waals surface area contributed by atoms with E-state index in [4.69, 9.17) is 55.9 Å². The summed E-state index contributed by atoms with van der Waals surface area (Å²) in [6.45, 7) is 1.02. The van der Waals surface area contributed by atoms with Gasteiger partial charge in [-0.05, 0) is 17.7 Å². The second-order valence-electron chi connectivity index (χ2n) is 4.16. The minimum Gasteiger partial charge on any atom is -0.486 e. The molecular weight excluding hydrogens is 362 g/mol. The first-order valence-electron chi connectivity index (χ1n) is 5.74. The smallest absolute Gasteiger partial charge is 0.162 e. The van der Waals surface area contributed by atoms with E-state index < -0.39 is 5.38 Å². The number of fused-ring (bicyclic) bond motifs is 1. The molecule has 0 radical (unpaired) electrons. The molecule has 1 aliphatic rings. The first-order valence-corrected chi connectivity index (χ1v) is 8.13. The minimum absolute atomic E-state index is 0.491. The molecule has 3 rings (SSSR count). The number of ether oxygens (including phenoxy) is 2. The van der Waals surface area contributed by atoms with Crippen LogP contribution in [-0.2, 0) is 0 Å². The molecule has 0 fully saturated rings. The van der Waals surface area contributed by atoms with Gasteiger partial charge in [-0.25, -0.2) is 0 Å². The van der Waals surface area contributed by atoms with E-state index in [-0.39, 0.29) is 0 Å². The molecule has 0 saturated carbocycles. The van der Waals surface area contributed by atoms with Gasteiger partial charge >= 0.3 is 0 Å². The van der Waals surface area contributed by atoms with Crippen LogP contribution in [0, 0.1) is 0 Å². The zero-order valence-electron chi connectivity index (χ0n) is 9.96. The molecule has 0 spiro atoms. The van der Waals surface area contributed by atoms with Crippen LogP contribution in [0.4, 0.5) is 0 Å². The second kappa shape index (κ2) is 5.82. The minimum atomic E-state index is -0.491. The number of benzene rings is 1. The SMILES string of the molecule is Clc1cc(C(Cl)c2cc3c(cc2Cl)OCCO3)c(Cl)s1. The molecular formula is C13H8Cl4O2S. The van der Waals surface area contributed by atoms with Gasteiger partial charge in [-0.3, -0.25) is 0 Å². The summed E-state index contributed by atoms with van der Waals surface area (Å²) in [7, 11) is 0. The number of hydrogen-bond donors (Lipinski definition) is 0. The van der Waals surface area contributed by atoms with Crippen molar-refractivity contribution in [1.29, 1.82) is 0 Å². The van der Waals surface area contributed by atoms with Gasteiger partial charge in [0.25, 0.3) is 0 Å². The molecule has 0 aliphatic carbocycles. The number of rotatable bonds is 2. The van der Waals surface area contributed by atoms with Crippen LogP contribution in [0.3, 0.4) is 0 Å². The van der Waals surface area contributed by atoms with E-state index in [1.54, 1.807) is 18.2 Å². The van der Waals surface area contributed by atoms with Crippen LogP contribution in [0.15, 0.2) is 18.2 Å². The largest absolute Gasteiger partial charge is 0.486 e. The van der Waals surface area contributed by atoms with Crippen molar-refractivity contribution in [2.45, 2.75) is 5.38 Å². The van der Waals surface area contributed by atoms with E-state index in [0.29, 0.717) is 44.0 Å². The Kier molecular flexibility index (Phi) is 4.25. The molecule has 1 unspecified atom stereocenters. The first-order chi connectivity index (χ1) is 9.56. The lowest BCUT2D eigenvalue weighted by Crippen LogP contribution is -2.15. The fourth-order valence-electron chi connectivity index (χ4n) is 1.97. The summed E-state index contributed by atoms with van der Waals surface area (Å²) in [4.78, 5) is 0. The van der Waals surface area contributed by atoms with E-state index in [9.17, 15) is 0 Å². The highest BCUT2D eigenvalue weighted by atomic mass is 35.5. The lowest BCUT2D eigenvalue weighted by Gasteiger charge is -2.21. The van der Waals surface area contributed by atoms with Crippen LogP contribution in [0.5, 0.6) is 11.5 Å². The lowest BCUT2D eigenvalue weighted by molar-refractivity contribution is 0.171. The molecule has 2 heterocycles. The third kappa shape index (κ3) is 2.70. The van der Waals surface area contributed by atoms with Crippen molar-refractivity contribution >= 4 is 57.7 Å². The number of hydrogen-bond acceptors (Lipinski definition) is 3. The molecule has 7 heteroatoms. The molecule has 0 N–H and O–H groups in total. The average molecular weight is 370 g/mol. The Morgan fingerprint density at radius 1 is 0.950 bits per heavy atom. The summed E-state index contributed by atoms with van der Waals surface area (Å²) < 4.78 is 12.2. The number of alkyl halides is 1. The van der Waals surface area contributed by atoms with Crippen LogP contribution in [0.2, 0.25) is 13.7 Å². The summed E-state index contributed by atoms with van der Waals surface area (Å²) in [5, 5.41) is 0.0159. The fourth-order valence-corrected chi connectivity index (χ4v) is 4.29. The molecule has 0 saturated heterocycles. The maximum absolute atomic E-state index is 6.48. The second-order valence-corrected chi connectivity index (χ2v) is 7.29. The number of halogens is 4. The highest BCUT2D eigenvalue weighted by Gasteiger charge is 2.23. The van der Waals surface area contributed by atoms with Crippen molar-refractivity contribution in [3.8, 4) is 11.5 Å². The van der Waals surface area contributed by atoms with Crippen molar-refractivity contribution < 1.29 is 9.47 Å². The lowest BCUT2D eigenvalue weighted by atomic mass is 10.1. The Bertz CT molecular complexity index is 656. The van der Waals surface area contributed by atoms with Gasteiger partial charge in [-0.15, -0.1) is 22.9 Å². The van der Waals surface area contributed by atoms with Crippen LogP contribution < -0.4 is 9.47 Å². The number of thiophene rings is 1. The van der Waals surface area contributed by atoms with Crippen molar-refractivity contribution in [3.63, 3.8) is 0 Å². The van der Waals surface area contributed by atoms with Crippen LogP contribution in [0.25, 0.3) is 0 Å². The topological polar surface area (TPSA) is 18.5 Å². The molecule has 2 aromatic rings. The molecule has 2 nitrogen and oxygen atoms in total. The van der Waals surface area contributed by atoms with Crippen molar-refractivity contribution in [3.05, 3.63) is 43.0 Å². The summed E-state index contributed by atoms with van der Waals surface area (Å²) in [6, 6.07) is 5.25. The van der Waals surface area contributed by atoms with Crippen LogP contribution in [-0.4, -0.2) is 13.2 Å². The van der Waals surface area contributed by atoms with Gasteiger partial charge in [0.15, 0.2) is 11.5 Å². The first kappa shape index (κ1) is 14.6. The Balaban J connectivity index is 2.03.